The summed E-state index contributed by atoms with van der Waals surface area (Å²) in [7, 11) is 4.85. The van der Waals surface area contributed by atoms with Gasteiger partial charge in [0.2, 0.25) is 0 Å². The van der Waals surface area contributed by atoms with Gasteiger partial charge in [-0.3, -0.25) is 34.3 Å². The van der Waals surface area contributed by atoms with E-state index >= 15 is 0 Å². The highest BCUT2D eigenvalue weighted by atomic mass is 16.5. The van der Waals surface area contributed by atoms with Crippen molar-refractivity contribution in [1.29, 1.82) is 0 Å². The van der Waals surface area contributed by atoms with Crippen LogP contribution in [0, 0.1) is 0 Å². The summed E-state index contributed by atoms with van der Waals surface area (Å²) < 4.78 is 15.3. The van der Waals surface area contributed by atoms with E-state index < -0.39 is 5.91 Å². The molecule has 364 valence electrons. The molecule has 10 rings (SSSR count). The summed E-state index contributed by atoms with van der Waals surface area (Å²) in [5.74, 6) is 0.610. The Kier molecular flexibility index (Phi) is 16.6. The van der Waals surface area contributed by atoms with Crippen molar-refractivity contribution in [2.75, 3.05) is 41.0 Å². The zero-order valence-corrected chi connectivity index (χ0v) is 40.2. The van der Waals surface area contributed by atoms with E-state index in [1.54, 1.807) is 95.2 Å². The van der Waals surface area contributed by atoms with Crippen LogP contribution in [0.15, 0.2) is 177 Å². The van der Waals surface area contributed by atoms with E-state index in [0.717, 1.165) is 78.5 Å². The van der Waals surface area contributed by atoms with E-state index in [1.165, 1.54) is 5.56 Å². The second kappa shape index (κ2) is 24.3. The fourth-order valence-corrected chi connectivity index (χ4v) is 7.63. The van der Waals surface area contributed by atoms with Gasteiger partial charge in [0.1, 0.15) is 28.6 Å². The lowest BCUT2D eigenvalue weighted by Gasteiger charge is -2.09. The molecule has 0 aliphatic rings. The van der Waals surface area contributed by atoms with Gasteiger partial charge in [0.05, 0.1) is 37.4 Å². The third kappa shape index (κ3) is 12.6. The van der Waals surface area contributed by atoms with Crippen LogP contribution in [0.5, 0.6) is 11.5 Å². The van der Waals surface area contributed by atoms with E-state index in [1.807, 2.05) is 91.0 Å². The van der Waals surface area contributed by atoms with Crippen molar-refractivity contribution in [2.24, 2.45) is 5.73 Å². The zero-order chi connectivity index (χ0) is 50.9. The molecule has 0 aliphatic carbocycles. The van der Waals surface area contributed by atoms with Gasteiger partial charge in [-0.15, -0.1) is 0 Å². The second-order valence-electron chi connectivity index (χ2n) is 16.2. The molecule has 0 saturated carbocycles. The minimum Gasteiger partial charge on any atom is -0.497 e. The van der Waals surface area contributed by atoms with Crippen LogP contribution >= 0.6 is 0 Å². The Morgan fingerprint density at radius 2 is 0.932 bits per heavy atom. The highest BCUT2D eigenvalue weighted by molar-refractivity contribution is 6.00. The number of hydrogen-bond acceptors (Lipinski definition) is 13. The van der Waals surface area contributed by atoms with Crippen molar-refractivity contribution in [1.82, 2.24) is 45.5 Å². The topological polar surface area (TPSA) is 219 Å². The number of fused-ring (bicyclic) bond motifs is 3. The molecule has 7 aromatic heterocycles. The molecule has 10 aromatic rings. The normalized spacial score (nSPS) is 10.6. The van der Waals surface area contributed by atoms with Crippen LogP contribution in [0.2, 0.25) is 0 Å². The molecule has 16 nitrogen and oxygen atoms in total. The fraction of sp³-hybridized carbons (Fsp3) is 0.123. The van der Waals surface area contributed by atoms with E-state index in [-0.39, 0.29) is 17.5 Å². The number of primary amides is 1. The number of methoxy groups -OCH3 is 3. The molecule has 7 heterocycles. The maximum absolute atomic E-state index is 12.6. The summed E-state index contributed by atoms with van der Waals surface area (Å²) in [6, 6.07) is 39.7. The fourth-order valence-electron chi connectivity index (χ4n) is 7.63. The van der Waals surface area contributed by atoms with Crippen molar-refractivity contribution in [3.05, 3.63) is 200 Å². The number of ether oxygens (including phenoxy) is 3. The molecular weight excluding hydrogens is 921 g/mol. The van der Waals surface area contributed by atoms with Gasteiger partial charge >= 0.3 is 0 Å². The van der Waals surface area contributed by atoms with Crippen LogP contribution in [0.25, 0.3) is 66.1 Å². The lowest BCUT2D eigenvalue weighted by molar-refractivity contribution is 0.0929. The Morgan fingerprint density at radius 1 is 0.466 bits per heavy atom. The Bertz CT molecular complexity index is 3490. The van der Waals surface area contributed by atoms with E-state index in [9.17, 15) is 14.4 Å². The van der Waals surface area contributed by atoms with E-state index in [4.69, 9.17) is 19.9 Å². The smallest absolute Gasteiger partial charge is 0.269 e. The van der Waals surface area contributed by atoms with E-state index in [2.05, 4.69) is 57.7 Å². The van der Waals surface area contributed by atoms with Crippen LogP contribution in [0.1, 0.15) is 37.0 Å². The third-order valence-electron chi connectivity index (χ3n) is 11.4. The number of nitrogens with zero attached hydrogens (tertiary/aromatic N) is 7. The molecule has 0 fully saturated rings. The molecule has 3 aromatic carbocycles. The monoisotopic (exact) mass is 970 g/mol. The van der Waals surface area contributed by atoms with Gasteiger partial charge in [0, 0.05) is 108 Å². The van der Waals surface area contributed by atoms with Crippen LogP contribution in [-0.2, 0) is 11.2 Å². The molecule has 16 heteroatoms. The summed E-state index contributed by atoms with van der Waals surface area (Å²) in [6.07, 6.45) is 14.7. The number of carbonyl (C=O) groups is 3. The SMILES string of the molecule is COCCNC(=O)c1ccc2cncc(-c3cccnc3)c2n1.COc1ccc(-c2cncc3ccc(C(=O)NCCc4ccccc4)nc23)cc1.COc1ccc(-c2cncc3ccc(C(N)=O)nc23)cc1. The van der Waals surface area contributed by atoms with Gasteiger partial charge in [-0.25, -0.2) is 15.0 Å². The van der Waals surface area contributed by atoms with Crippen molar-refractivity contribution in [2.45, 2.75) is 6.42 Å². The van der Waals surface area contributed by atoms with Crippen LogP contribution < -0.4 is 25.8 Å². The molecule has 73 heavy (non-hydrogen) atoms. The molecule has 4 N–H and O–H groups in total. The molecular formula is C57H50N10O6. The predicted molar refractivity (Wildman–Crippen MR) is 281 cm³/mol. The van der Waals surface area contributed by atoms with E-state index in [0.29, 0.717) is 36.6 Å². The highest BCUT2D eigenvalue weighted by Gasteiger charge is 2.14. The number of nitrogens with one attached hydrogen (secondary N) is 2. The zero-order valence-electron chi connectivity index (χ0n) is 40.2. The first kappa shape index (κ1) is 49.9. The van der Waals surface area contributed by atoms with Crippen LogP contribution in [0.4, 0.5) is 0 Å². The van der Waals surface area contributed by atoms with Crippen molar-refractivity contribution in [3.8, 4) is 44.9 Å². The molecule has 0 saturated heterocycles. The molecule has 0 aliphatic heterocycles. The molecule has 0 radical (unpaired) electrons. The number of hydrogen-bond donors (Lipinski definition) is 3. The number of nitrogens with two attached hydrogens (primary N) is 1. The summed E-state index contributed by atoms with van der Waals surface area (Å²) in [5.41, 5.74) is 15.1. The third-order valence-corrected chi connectivity index (χ3v) is 11.4. The standard InChI is InChI=1S/C24H21N3O2.C17H16N4O2.C16H13N3O2/c1-29-20-10-7-18(8-11-20)21-16-25-15-19-9-12-22(27-23(19)21)24(28)26-14-13-17-5-3-2-4-6-17;1-23-8-7-20-17(22)15-5-4-13-10-19-11-14(16(13)21-15)12-3-2-6-18-9-12;1-21-12-5-2-10(3-6-12)13-9-18-8-11-4-7-14(16(17)20)19-15(11)13/h2-12,15-16H,13-14H2,1H3,(H,26,28);2-6,9-11H,7-8H2,1H3,(H,20,22);2-9H,1H3,(H2,17,20). The maximum atomic E-state index is 12.6. The number of carbonyl (C=O) groups excluding carboxylic acids is 3. The Morgan fingerprint density at radius 3 is 1.38 bits per heavy atom. The number of benzene rings is 3. The van der Waals surface area contributed by atoms with Gasteiger partial charge in [-0.2, -0.15) is 0 Å². The lowest BCUT2D eigenvalue weighted by Crippen LogP contribution is -2.27. The Hall–Kier alpha value is -9.54. The Balaban J connectivity index is 0.000000148. The predicted octanol–water partition coefficient (Wildman–Crippen LogP) is 8.75. The minimum absolute atomic E-state index is 0.180. The quantitative estimate of drug-likeness (QED) is 0.0869. The van der Waals surface area contributed by atoms with Crippen molar-refractivity contribution in [3.63, 3.8) is 0 Å². The lowest BCUT2D eigenvalue weighted by atomic mass is 10.0. The first-order valence-corrected chi connectivity index (χ1v) is 23.1. The van der Waals surface area contributed by atoms with Crippen LogP contribution in [0.3, 0.4) is 0 Å². The number of aromatic nitrogens is 7. The average molecular weight is 971 g/mol. The molecule has 0 spiro atoms. The number of pyridine rings is 7. The van der Waals surface area contributed by atoms with Crippen LogP contribution in [-0.4, -0.2) is 93.6 Å². The maximum Gasteiger partial charge on any atom is 0.269 e. The summed E-state index contributed by atoms with van der Waals surface area (Å²) in [6.45, 7) is 1.47. The summed E-state index contributed by atoms with van der Waals surface area (Å²) in [5, 5.41) is 8.34. The van der Waals surface area contributed by atoms with Gasteiger partial charge in [0.25, 0.3) is 17.7 Å². The molecule has 0 atom stereocenters. The van der Waals surface area contributed by atoms with Crippen molar-refractivity contribution >= 4 is 50.4 Å². The van der Waals surface area contributed by atoms with Gasteiger partial charge in [0.15, 0.2) is 0 Å². The van der Waals surface area contributed by atoms with Gasteiger partial charge in [-0.05, 0) is 89.8 Å². The number of amides is 3. The number of rotatable bonds is 14. The van der Waals surface area contributed by atoms with Gasteiger partial charge in [-0.1, -0.05) is 60.7 Å². The largest absolute Gasteiger partial charge is 0.497 e. The van der Waals surface area contributed by atoms with Crippen molar-refractivity contribution < 1.29 is 28.6 Å². The summed E-state index contributed by atoms with van der Waals surface area (Å²) in [4.78, 5) is 66.5. The molecule has 0 bridgehead atoms. The average Bonchev–Trinajstić information content (AvgIpc) is 3.45. The second-order valence-corrected chi connectivity index (χ2v) is 16.2. The minimum atomic E-state index is -0.547. The molecule has 0 unspecified atom stereocenters. The Labute approximate surface area is 420 Å². The first-order chi connectivity index (χ1) is 35.7. The highest BCUT2D eigenvalue weighted by Crippen LogP contribution is 2.30. The molecule has 3 amide bonds. The summed E-state index contributed by atoms with van der Waals surface area (Å²) >= 11 is 0. The first-order valence-electron chi connectivity index (χ1n) is 23.1. The van der Waals surface area contributed by atoms with Gasteiger partial charge < -0.3 is 30.6 Å².